The van der Waals surface area contributed by atoms with Crippen molar-refractivity contribution in [2.75, 3.05) is 39.6 Å². The predicted molar refractivity (Wildman–Crippen MR) is 205 cm³/mol. The van der Waals surface area contributed by atoms with Crippen LogP contribution in [-0.2, 0) is 37.5 Å². The van der Waals surface area contributed by atoms with E-state index in [1.165, 1.54) is 0 Å². The molecule has 0 aliphatic carbocycles. The summed E-state index contributed by atoms with van der Waals surface area (Å²) in [6.07, 6.45) is 1.03. The Bertz CT molecular complexity index is 1810. The number of benzene rings is 3. The van der Waals surface area contributed by atoms with E-state index in [-0.39, 0.29) is 47.9 Å². The van der Waals surface area contributed by atoms with E-state index in [1.54, 1.807) is 97.9 Å². The summed E-state index contributed by atoms with van der Waals surface area (Å²) < 4.78 is 41.5. The van der Waals surface area contributed by atoms with Gasteiger partial charge in [-0.3, -0.25) is 4.79 Å². The minimum atomic E-state index is -1.18. The molecule has 4 atom stereocenters. The highest BCUT2D eigenvalue weighted by atomic mass is 31.2. The maximum absolute atomic E-state index is 13.4. The Kier molecular flexibility index (Phi) is 16.5. The van der Waals surface area contributed by atoms with Crippen LogP contribution in [0.5, 0.6) is 0 Å². The summed E-state index contributed by atoms with van der Waals surface area (Å²) in [5.74, 6) is -2.83. The van der Waals surface area contributed by atoms with Gasteiger partial charge in [0.05, 0.1) is 47.8 Å². The first-order chi connectivity index (χ1) is 27.2. The summed E-state index contributed by atoms with van der Waals surface area (Å²) in [5.41, 5.74) is 0.836. The smallest absolute Gasteiger partial charge is 0.343 e. The van der Waals surface area contributed by atoms with Gasteiger partial charge in [0.25, 0.3) is 0 Å². The molecule has 3 unspecified atom stereocenters. The van der Waals surface area contributed by atoms with Crippen molar-refractivity contribution in [2.24, 2.45) is 5.92 Å². The molecule has 1 fully saturated rings. The van der Waals surface area contributed by atoms with E-state index in [2.05, 4.69) is 6.07 Å². The topological polar surface area (TPSA) is 160 Å². The average Bonchev–Trinajstić information content (AvgIpc) is 3.23. The van der Waals surface area contributed by atoms with Crippen LogP contribution in [0.3, 0.4) is 0 Å². The highest BCUT2D eigenvalue weighted by molar-refractivity contribution is 7.46. The molecular weight excluding hydrogens is 739 g/mol. The number of unbranched alkanes of at least 4 members (excludes halogenated alkanes) is 1. The van der Waals surface area contributed by atoms with Gasteiger partial charge in [-0.05, 0) is 62.1 Å². The zero-order chi connectivity index (χ0) is 39.7. The second-order valence-electron chi connectivity index (χ2n) is 13.2. The highest BCUT2D eigenvalue weighted by Gasteiger charge is 2.42. The van der Waals surface area contributed by atoms with Crippen LogP contribution in [0.2, 0.25) is 0 Å². The standard InChI is InChI=1S/C42H47N2O11P/c1-30-37(53-40(47)32-17-8-4-9-18-32)38(54-41(48)33-19-10-5-11-20-33)35(29-50-39(46)31-15-6-3-7-16-31)52-42(30)49-27-13-12-21-36(45)44-25-22-34(23-26-44)55-56(2)51-28-14-24-43/h3-11,15-20,30,34-35,42H,12-14,21-23,25-29H2,1-2H3/t30?,35?,42-,56?/m1/s1. The quantitative estimate of drug-likeness (QED) is 0.0553. The largest absolute Gasteiger partial charge is 0.459 e. The van der Waals surface area contributed by atoms with Crippen molar-refractivity contribution >= 4 is 32.2 Å². The number of amides is 1. The number of nitriles is 1. The Balaban J connectivity index is 1.23. The molecule has 1 amide bonds. The lowest BCUT2D eigenvalue weighted by Crippen LogP contribution is -2.43. The SMILES string of the molecule is CC1C(OC(=O)c2ccccc2)=C(OC(=O)c2ccccc2)C(COC(=O)c2ccccc2)O[C@H]1OCCCCC(=O)N1CCC(OP(C)OCCC#N)CC1. The van der Waals surface area contributed by atoms with Crippen LogP contribution in [0.25, 0.3) is 0 Å². The second kappa shape index (κ2) is 22.0. The van der Waals surface area contributed by atoms with Gasteiger partial charge < -0.3 is 37.6 Å². The van der Waals surface area contributed by atoms with Crippen molar-refractivity contribution in [2.45, 2.75) is 63.9 Å². The number of rotatable bonds is 18. The van der Waals surface area contributed by atoms with Crippen LogP contribution in [0.15, 0.2) is 103 Å². The molecule has 1 saturated heterocycles. The summed E-state index contributed by atoms with van der Waals surface area (Å²) in [6.45, 7) is 4.96. The van der Waals surface area contributed by atoms with Gasteiger partial charge in [0.15, 0.2) is 32.3 Å². The number of hydrogen-bond donors (Lipinski definition) is 0. The van der Waals surface area contributed by atoms with Gasteiger partial charge in [-0.25, -0.2) is 14.4 Å². The fourth-order valence-electron chi connectivity index (χ4n) is 6.09. The van der Waals surface area contributed by atoms with E-state index < -0.39 is 44.6 Å². The van der Waals surface area contributed by atoms with E-state index in [0.717, 1.165) is 12.8 Å². The molecule has 2 aliphatic rings. The molecule has 0 N–H and O–H groups in total. The van der Waals surface area contributed by atoms with Gasteiger partial charge in [-0.2, -0.15) is 5.26 Å². The monoisotopic (exact) mass is 786 g/mol. The first-order valence-corrected chi connectivity index (χ1v) is 20.3. The van der Waals surface area contributed by atoms with E-state index >= 15 is 0 Å². The Hall–Kier alpha value is -4.96. The van der Waals surface area contributed by atoms with Gasteiger partial charge in [-0.15, -0.1) is 0 Å². The van der Waals surface area contributed by atoms with E-state index in [1.807, 2.05) is 11.6 Å². The predicted octanol–water partition coefficient (Wildman–Crippen LogP) is 7.20. The summed E-state index contributed by atoms with van der Waals surface area (Å²) in [7, 11) is -1.07. The number of carbonyl (C=O) groups is 4. The fourth-order valence-corrected chi connectivity index (χ4v) is 7.13. The first kappa shape index (κ1) is 42.2. The molecule has 296 valence electrons. The van der Waals surface area contributed by atoms with Crippen molar-refractivity contribution in [3.05, 3.63) is 119 Å². The Morgan fingerprint density at radius 2 is 1.34 bits per heavy atom. The molecule has 0 bridgehead atoms. The lowest BCUT2D eigenvalue weighted by Gasteiger charge is -2.36. The lowest BCUT2D eigenvalue weighted by molar-refractivity contribution is -0.211. The molecule has 3 aromatic carbocycles. The van der Waals surface area contributed by atoms with E-state index in [9.17, 15) is 19.2 Å². The molecular formula is C42H47N2O11P. The molecule has 14 heteroatoms. The van der Waals surface area contributed by atoms with Crippen LogP contribution in [0.4, 0.5) is 0 Å². The van der Waals surface area contributed by atoms with E-state index in [0.29, 0.717) is 50.9 Å². The third-order valence-corrected chi connectivity index (χ3v) is 10.2. The zero-order valence-electron chi connectivity index (χ0n) is 31.6. The third kappa shape index (κ3) is 12.5. The molecule has 13 nitrogen and oxygen atoms in total. The fraction of sp³-hybridized carbons (Fsp3) is 0.405. The average molecular weight is 787 g/mol. The molecule has 5 rings (SSSR count). The van der Waals surface area contributed by atoms with Crippen LogP contribution >= 0.6 is 8.38 Å². The number of nitrogens with zero attached hydrogens (tertiary/aromatic N) is 2. The number of esters is 3. The van der Waals surface area contributed by atoms with Crippen molar-refractivity contribution in [3.8, 4) is 6.07 Å². The Morgan fingerprint density at radius 3 is 1.91 bits per heavy atom. The summed E-state index contributed by atoms with van der Waals surface area (Å²) >= 11 is 0. The number of ether oxygens (including phenoxy) is 5. The van der Waals surface area contributed by atoms with E-state index in [4.69, 9.17) is 38.0 Å². The molecule has 0 radical (unpaired) electrons. The van der Waals surface area contributed by atoms with Gasteiger partial charge in [0, 0.05) is 32.8 Å². The molecule has 0 saturated carbocycles. The minimum Gasteiger partial charge on any atom is -0.459 e. The highest BCUT2D eigenvalue weighted by Crippen LogP contribution is 2.38. The summed E-state index contributed by atoms with van der Waals surface area (Å²) in [6, 6.07) is 27.1. The van der Waals surface area contributed by atoms with Gasteiger partial charge >= 0.3 is 17.9 Å². The maximum Gasteiger partial charge on any atom is 0.343 e. The zero-order valence-corrected chi connectivity index (χ0v) is 32.5. The van der Waals surface area contributed by atoms with Crippen LogP contribution in [0, 0.1) is 17.2 Å². The number of hydrogen-bond acceptors (Lipinski definition) is 12. The summed E-state index contributed by atoms with van der Waals surface area (Å²) in [5, 5.41) is 8.69. The van der Waals surface area contributed by atoms with Crippen LogP contribution in [0.1, 0.15) is 76.5 Å². The van der Waals surface area contributed by atoms with Crippen LogP contribution < -0.4 is 0 Å². The molecule has 2 aliphatic heterocycles. The Morgan fingerprint density at radius 1 is 0.786 bits per heavy atom. The normalized spacial score (nSPS) is 19.1. The molecule has 0 aromatic heterocycles. The summed E-state index contributed by atoms with van der Waals surface area (Å²) in [4.78, 5) is 54.6. The van der Waals surface area contributed by atoms with Crippen molar-refractivity contribution in [1.82, 2.24) is 4.90 Å². The van der Waals surface area contributed by atoms with Gasteiger partial charge in [-0.1, -0.05) is 61.5 Å². The first-order valence-electron chi connectivity index (χ1n) is 18.7. The number of carbonyl (C=O) groups excluding carboxylic acids is 4. The number of piperidine rings is 1. The molecule has 2 heterocycles. The van der Waals surface area contributed by atoms with Crippen molar-refractivity contribution < 1.29 is 51.9 Å². The Labute approximate surface area is 328 Å². The van der Waals surface area contributed by atoms with Crippen molar-refractivity contribution in [1.29, 1.82) is 5.26 Å². The number of likely N-dealkylation sites (tertiary alicyclic amines) is 1. The third-order valence-electron chi connectivity index (χ3n) is 9.10. The maximum atomic E-state index is 13.4. The molecule has 56 heavy (non-hydrogen) atoms. The molecule has 0 spiro atoms. The van der Waals surface area contributed by atoms with Crippen molar-refractivity contribution in [3.63, 3.8) is 0 Å². The molecule has 3 aromatic rings. The lowest BCUT2D eigenvalue weighted by atomic mass is 10.0. The minimum absolute atomic E-state index is 0.00655. The van der Waals surface area contributed by atoms with Gasteiger partial charge in [0.1, 0.15) is 6.61 Å². The second-order valence-corrected chi connectivity index (χ2v) is 14.5. The van der Waals surface area contributed by atoms with Crippen LogP contribution in [-0.4, -0.2) is 86.8 Å². The van der Waals surface area contributed by atoms with Gasteiger partial charge in [0.2, 0.25) is 5.91 Å².